The van der Waals surface area contributed by atoms with Crippen LogP contribution in [0.4, 0.5) is 0 Å². The molecule has 0 atom stereocenters. The van der Waals surface area contributed by atoms with Crippen LogP contribution in [0.3, 0.4) is 0 Å². The van der Waals surface area contributed by atoms with Gasteiger partial charge in [0.15, 0.2) is 0 Å². The summed E-state index contributed by atoms with van der Waals surface area (Å²) in [6.45, 7) is 0. The average molecular weight is 191 g/mol. The van der Waals surface area contributed by atoms with Crippen LogP contribution in [0.15, 0.2) is 24.3 Å². The molecule has 5 nitrogen and oxygen atoms in total. The van der Waals surface area contributed by atoms with Gasteiger partial charge in [-0.05, 0) is 12.1 Å². The number of hydrogen-bond acceptors (Lipinski definition) is 4. The zero-order chi connectivity index (χ0) is 10.6. The predicted octanol–water partition coefficient (Wildman–Crippen LogP) is 1.47. The van der Waals surface area contributed by atoms with Gasteiger partial charge in [-0.15, -0.1) is 0 Å². The molecule has 0 aromatic heterocycles. The molecule has 0 fully saturated rings. The van der Waals surface area contributed by atoms with E-state index >= 15 is 0 Å². The summed E-state index contributed by atoms with van der Waals surface area (Å²) in [7, 11) is 1.21. The average Bonchev–Trinajstić information content (AvgIpc) is 2.27. The molecule has 0 radical (unpaired) electrons. The first-order valence-electron chi connectivity index (χ1n) is 3.77. The molecule has 1 aromatic carbocycles. The molecule has 1 aromatic rings. The summed E-state index contributed by atoms with van der Waals surface area (Å²) in [4.78, 5) is 24.7. The fourth-order valence-electron chi connectivity index (χ4n) is 1.01. The molecule has 1 amide bonds. The van der Waals surface area contributed by atoms with E-state index in [-0.39, 0.29) is 11.1 Å². The van der Waals surface area contributed by atoms with Crippen molar-refractivity contribution in [1.29, 1.82) is 5.39 Å². The standard InChI is InChI=1S/C9H7N2O3/c1-14-9(13)7-5-3-2-4-6(7)8(12)11-10/h2-5H,1H3/q+1. The molecule has 0 bridgehead atoms. The van der Waals surface area contributed by atoms with Crippen LogP contribution in [-0.4, -0.2) is 19.0 Å². The van der Waals surface area contributed by atoms with Crippen LogP contribution in [0.2, 0.25) is 0 Å². The molecule has 0 aliphatic heterocycles. The van der Waals surface area contributed by atoms with Gasteiger partial charge >= 0.3 is 11.9 Å². The highest BCUT2D eigenvalue weighted by atomic mass is 16.5. The SMILES string of the molecule is COC(=O)c1ccccc1C(=O)[N+]#N. The fourth-order valence-corrected chi connectivity index (χ4v) is 1.01. The first-order valence-corrected chi connectivity index (χ1v) is 3.77. The maximum absolute atomic E-state index is 11.2. The number of hydrogen-bond donors (Lipinski definition) is 0. The number of methoxy groups -OCH3 is 1. The summed E-state index contributed by atoms with van der Waals surface area (Å²) in [5, 5.41) is 8.29. The van der Waals surface area contributed by atoms with E-state index in [1.165, 1.54) is 19.2 Å². The van der Waals surface area contributed by atoms with E-state index in [9.17, 15) is 9.59 Å². The Bertz CT molecular complexity index is 420. The molecule has 0 aliphatic carbocycles. The van der Waals surface area contributed by atoms with Crippen LogP contribution in [0.1, 0.15) is 20.7 Å². The van der Waals surface area contributed by atoms with Gasteiger partial charge in [0.1, 0.15) is 5.56 Å². The molecule has 0 saturated carbocycles. The molecule has 0 N–H and O–H groups in total. The van der Waals surface area contributed by atoms with E-state index < -0.39 is 11.9 Å². The number of ether oxygens (including phenoxy) is 1. The monoisotopic (exact) mass is 191 g/mol. The van der Waals surface area contributed by atoms with Gasteiger partial charge in [0.05, 0.1) is 12.7 Å². The van der Waals surface area contributed by atoms with Gasteiger partial charge in [0.2, 0.25) is 10.4 Å². The lowest BCUT2D eigenvalue weighted by atomic mass is 10.1. The molecule has 14 heavy (non-hydrogen) atoms. The molecule has 1 rings (SSSR count). The minimum Gasteiger partial charge on any atom is -0.465 e. The third-order valence-electron chi connectivity index (χ3n) is 1.65. The Morgan fingerprint density at radius 3 is 2.36 bits per heavy atom. The van der Waals surface area contributed by atoms with Crippen molar-refractivity contribution in [2.24, 2.45) is 0 Å². The van der Waals surface area contributed by atoms with Crippen molar-refractivity contribution in [2.45, 2.75) is 0 Å². The Balaban J connectivity index is 3.24. The normalized spacial score (nSPS) is 8.86. The molecule has 5 heteroatoms. The van der Waals surface area contributed by atoms with Crippen molar-refractivity contribution in [3.8, 4) is 0 Å². The minimum absolute atomic E-state index is 0.0156. The zero-order valence-corrected chi connectivity index (χ0v) is 7.43. The van der Waals surface area contributed by atoms with E-state index in [1.54, 1.807) is 12.1 Å². The summed E-state index contributed by atoms with van der Waals surface area (Å²) >= 11 is 0. The third-order valence-corrected chi connectivity index (χ3v) is 1.65. The molecule has 70 valence electrons. The number of benzene rings is 1. The molecule has 0 saturated heterocycles. The molecule has 0 spiro atoms. The fraction of sp³-hybridized carbons (Fsp3) is 0.111. The number of rotatable bonds is 2. The summed E-state index contributed by atoms with van der Waals surface area (Å²) in [5.74, 6) is -1.51. The van der Waals surface area contributed by atoms with Crippen LogP contribution in [0.5, 0.6) is 0 Å². The van der Waals surface area contributed by atoms with Gasteiger partial charge in [-0.25, -0.2) is 4.79 Å². The Hall–Kier alpha value is -2.22. The first-order chi connectivity index (χ1) is 6.70. The number of esters is 1. The van der Waals surface area contributed by atoms with E-state index in [2.05, 4.69) is 9.71 Å². The smallest absolute Gasteiger partial charge is 0.465 e. The number of amides is 1. The Morgan fingerprint density at radius 2 is 1.86 bits per heavy atom. The highest BCUT2D eigenvalue weighted by Crippen LogP contribution is 2.11. The summed E-state index contributed by atoms with van der Waals surface area (Å²) in [6, 6.07) is 5.95. The summed E-state index contributed by atoms with van der Waals surface area (Å²) in [6.07, 6.45) is 0. The number of carbonyl (C=O) groups excluding carboxylic acids is 2. The van der Waals surface area contributed by atoms with Gasteiger partial charge in [0.25, 0.3) is 0 Å². The zero-order valence-electron chi connectivity index (χ0n) is 7.43. The van der Waals surface area contributed by atoms with Crippen LogP contribution in [0, 0.1) is 5.39 Å². The maximum Gasteiger partial charge on any atom is 0.593 e. The maximum atomic E-state index is 11.2. The molecule has 0 aliphatic rings. The summed E-state index contributed by atoms with van der Waals surface area (Å²) in [5.41, 5.74) is 0.0969. The second-order valence-electron chi connectivity index (χ2n) is 2.44. The Kier molecular flexibility index (Phi) is 2.92. The second kappa shape index (κ2) is 4.14. The number of nitrogens with zero attached hydrogens (tertiary/aromatic N) is 2. The summed E-state index contributed by atoms with van der Waals surface area (Å²) < 4.78 is 4.46. The lowest BCUT2D eigenvalue weighted by molar-refractivity contribution is 0.0597. The predicted molar refractivity (Wildman–Crippen MR) is 47.2 cm³/mol. The first kappa shape index (κ1) is 9.86. The van der Waals surface area contributed by atoms with Gasteiger partial charge in [-0.1, -0.05) is 12.1 Å². The van der Waals surface area contributed by atoms with Gasteiger partial charge in [-0.2, -0.15) is 4.79 Å². The van der Waals surface area contributed by atoms with Crippen molar-refractivity contribution >= 4 is 11.9 Å². The molecular weight excluding hydrogens is 184 g/mol. The van der Waals surface area contributed by atoms with E-state index in [4.69, 9.17) is 5.39 Å². The lowest BCUT2D eigenvalue weighted by Crippen LogP contribution is -2.07. The molecular formula is C9H7N2O3+. The van der Waals surface area contributed by atoms with Gasteiger partial charge in [-0.3, -0.25) is 0 Å². The Morgan fingerprint density at radius 1 is 1.29 bits per heavy atom. The molecule has 0 heterocycles. The highest BCUT2D eigenvalue weighted by molar-refractivity contribution is 6.09. The van der Waals surface area contributed by atoms with Crippen molar-refractivity contribution < 1.29 is 14.3 Å². The largest absolute Gasteiger partial charge is 0.593 e. The number of carbonyl (C=O) groups is 2. The quantitative estimate of drug-likeness (QED) is 0.524. The van der Waals surface area contributed by atoms with Gasteiger partial charge in [0, 0.05) is 0 Å². The van der Waals surface area contributed by atoms with E-state index in [1.807, 2.05) is 0 Å². The van der Waals surface area contributed by atoms with Gasteiger partial charge < -0.3 is 4.74 Å². The van der Waals surface area contributed by atoms with Crippen molar-refractivity contribution in [3.05, 3.63) is 40.4 Å². The van der Waals surface area contributed by atoms with Crippen molar-refractivity contribution in [1.82, 2.24) is 0 Å². The van der Waals surface area contributed by atoms with Crippen LogP contribution in [-0.2, 0) is 4.74 Å². The van der Waals surface area contributed by atoms with Crippen molar-refractivity contribution in [2.75, 3.05) is 7.11 Å². The third kappa shape index (κ3) is 1.75. The van der Waals surface area contributed by atoms with Crippen molar-refractivity contribution in [3.63, 3.8) is 0 Å². The van der Waals surface area contributed by atoms with Crippen LogP contribution >= 0.6 is 0 Å². The number of diazo groups is 1. The lowest BCUT2D eigenvalue weighted by Gasteiger charge is -1.98. The van der Waals surface area contributed by atoms with Crippen LogP contribution < -0.4 is 0 Å². The van der Waals surface area contributed by atoms with E-state index in [0.29, 0.717) is 0 Å². The topological polar surface area (TPSA) is 71.5 Å². The Labute approximate surface area is 79.9 Å². The van der Waals surface area contributed by atoms with Crippen LogP contribution in [0.25, 0.3) is 4.98 Å². The van der Waals surface area contributed by atoms with E-state index in [0.717, 1.165) is 0 Å². The second-order valence-corrected chi connectivity index (χ2v) is 2.44. The molecule has 0 unspecified atom stereocenters. The minimum atomic E-state index is -0.869. The highest BCUT2D eigenvalue weighted by Gasteiger charge is 2.25.